The first-order chi connectivity index (χ1) is 11.1. The summed E-state index contributed by atoms with van der Waals surface area (Å²) in [4.78, 5) is 16.2. The molecule has 1 aromatic heterocycles. The summed E-state index contributed by atoms with van der Waals surface area (Å²) in [7, 11) is 0. The number of ether oxygens (including phenoxy) is 2. The predicted octanol–water partition coefficient (Wildman–Crippen LogP) is 2.52. The Morgan fingerprint density at radius 3 is 2.70 bits per heavy atom. The number of hydrogen-bond donors (Lipinski definition) is 1. The maximum Gasteiger partial charge on any atom is 0.343 e. The minimum absolute atomic E-state index is 0.166. The van der Waals surface area contributed by atoms with E-state index in [4.69, 9.17) is 15.2 Å². The van der Waals surface area contributed by atoms with Crippen LogP contribution in [0.4, 0.5) is 0 Å². The summed E-state index contributed by atoms with van der Waals surface area (Å²) in [5.74, 6) is 0.0317. The van der Waals surface area contributed by atoms with Crippen LogP contribution in [0.2, 0.25) is 0 Å². The maximum absolute atomic E-state index is 12.0. The molecule has 5 heteroatoms. The average molecular weight is 314 g/mol. The topological polar surface area (TPSA) is 74.4 Å². The van der Waals surface area contributed by atoms with Crippen LogP contribution >= 0.6 is 0 Å². The van der Waals surface area contributed by atoms with Crippen LogP contribution in [-0.2, 0) is 11.2 Å². The van der Waals surface area contributed by atoms with Gasteiger partial charge in [0, 0.05) is 12.2 Å². The van der Waals surface area contributed by atoms with Gasteiger partial charge < -0.3 is 15.2 Å². The second kappa shape index (κ2) is 8.29. The van der Waals surface area contributed by atoms with E-state index in [-0.39, 0.29) is 6.04 Å². The number of hydrogen-bond acceptors (Lipinski definition) is 5. The first kappa shape index (κ1) is 17.0. The predicted molar refractivity (Wildman–Crippen MR) is 88.5 cm³/mol. The molecule has 23 heavy (non-hydrogen) atoms. The molecule has 0 radical (unpaired) electrons. The molecule has 0 aliphatic carbocycles. The number of aryl methyl sites for hydroxylation is 1. The van der Waals surface area contributed by atoms with Gasteiger partial charge in [0.15, 0.2) is 0 Å². The minimum atomic E-state index is -0.426. The number of nitrogens with zero attached hydrogens (tertiary/aromatic N) is 1. The first-order valence-electron chi connectivity index (χ1n) is 7.66. The molecule has 0 fully saturated rings. The van der Waals surface area contributed by atoms with E-state index < -0.39 is 5.97 Å². The summed E-state index contributed by atoms with van der Waals surface area (Å²) >= 11 is 0. The van der Waals surface area contributed by atoms with E-state index in [1.54, 1.807) is 26.1 Å². The Morgan fingerprint density at radius 2 is 2.00 bits per heavy atom. The molecule has 122 valence electrons. The summed E-state index contributed by atoms with van der Waals surface area (Å²) in [6.07, 6.45) is 2.32. The lowest BCUT2D eigenvalue weighted by Gasteiger charge is -2.16. The largest absolute Gasteiger partial charge is 0.491 e. The highest BCUT2D eigenvalue weighted by Crippen LogP contribution is 2.21. The molecule has 2 aromatic rings. The molecule has 0 unspecified atom stereocenters. The molecular weight excluding hydrogens is 292 g/mol. The van der Waals surface area contributed by atoms with E-state index in [0.717, 1.165) is 5.56 Å². The zero-order chi connectivity index (χ0) is 16.7. The number of benzene rings is 1. The maximum atomic E-state index is 12.0. The van der Waals surface area contributed by atoms with Crippen LogP contribution in [0.3, 0.4) is 0 Å². The highest BCUT2D eigenvalue weighted by atomic mass is 16.5. The Balaban J connectivity index is 2.02. The molecule has 2 rings (SSSR count). The molecule has 5 nitrogen and oxygen atoms in total. The van der Waals surface area contributed by atoms with Gasteiger partial charge in [0.05, 0.1) is 12.3 Å². The van der Waals surface area contributed by atoms with Crippen LogP contribution < -0.4 is 10.5 Å². The molecule has 0 spiro atoms. The van der Waals surface area contributed by atoms with E-state index in [1.807, 2.05) is 30.3 Å². The van der Waals surface area contributed by atoms with Gasteiger partial charge in [-0.05, 0) is 31.9 Å². The highest BCUT2D eigenvalue weighted by molar-refractivity contribution is 5.93. The smallest absolute Gasteiger partial charge is 0.343 e. The number of carbonyl (C=O) groups is 1. The van der Waals surface area contributed by atoms with Gasteiger partial charge in [-0.2, -0.15) is 0 Å². The van der Waals surface area contributed by atoms with E-state index in [0.29, 0.717) is 36.6 Å². The molecule has 0 saturated carbocycles. The van der Waals surface area contributed by atoms with Crippen molar-refractivity contribution in [2.24, 2.45) is 5.73 Å². The monoisotopic (exact) mass is 314 g/mol. The quantitative estimate of drug-likeness (QED) is 0.795. The third-order valence-electron chi connectivity index (χ3n) is 3.38. The Bertz CT molecular complexity index is 644. The Kier molecular flexibility index (Phi) is 6.11. The summed E-state index contributed by atoms with van der Waals surface area (Å²) in [5.41, 5.74) is 8.22. The minimum Gasteiger partial charge on any atom is -0.491 e. The van der Waals surface area contributed by atoms with Gasteiger partial charge in [0.2, 0.25) is 0 Å². The van der Waals surface area contributed by atoms with Crippen LogP contribution in [0.1, 0.15) is 28.5 Å². The Labute approximate surface area is 136 Å². The zero-order valence-electron chi connectivity index (χ0n) is 13.5. The van der Waals surface area contributed by atoms with Crippen LogP contribution in [0, 0.1) is 6.92 Å². The van der Waals surface area contributed by atoms with Crippen molar-refractivity contribution in [3.05, 3.63) is 59.4 Å². The third-order valence-corrected chi connectivity index (χ3v) is 3.38. The van der Waals surface area contributed by atoms with E-state index in [2.05, 4.69) is 4.98 Å². The molecule has 2 N–H and O–H groups in total. The number of carbonyl (C=O) groups excluding carboxylic acids is 1. The zero-order valence-corrected chi connectivity index (χ0v) is 13.5. The van der Waals surface area contributed by atoms with Crippen molar-refractivity contribution in [2.45, 2.75) is 26.3 Å². The Morgan fingerprint density at radius 1 is 1.26 bits per heavy atom. The van der Waals surface area contributed by atoms with Crippen LogP contribution in [-0.4, -0.2) is 30.2 Å². The summed E-state index contributed by atoms with van der Waals surface area (Å²) in [6, 6.07) is 11.5. The number of rotatable bonds is 7. The lowest BCUT2D eigenvalue weighted by molar-refractivity contribution is 0.0519. The molecule has 0 aliphatic rings. The highest BCUT2D eigenvalue weighted by Gasteiger charge is 2.18. The fourth-order valence-corrected chi connectivity index (χ4v) is 2.29. The third kappa shape index (κ3) is 4.79. The van der Waals surface area contributed by atoms with Gasteiger partial charge in [-0.3, -0.25) is 4.98 Å². The second-order valence-electron chi connectivity index (χ2n) is 5.25. The average Bonchev–Trinajstić information content (AvgIpc) is 2.54. The number of pyridine rings is 1. The molecular formula is C18H22N2O3. The standard InChI is InChI=1S/C18H22N2O3/c1-3-22-18(21)17-13(2)20-10-9-16(17)23-12-15(19)11-14-7-5-4-6-8-14/h4-10,15H,3,11-12,19H2,1-2H3/t15-/m1/s1. The number of aromatic nitrogens is 1. The fraction of sp³-hybridized carbons (Fsp3) is 0.333. The molecule has 0 saturated heterocycles. The van der Waals surface area contributed by atoms with Gasteiger partial charge in [0.1, 0.15) is 17.9 Å². The molecule has 1 heterocycles. The van der Waals surface area contributed by atoms with E-state index in [9.17, 15) is 4.79 Å². The fourth-order valence-electron chi connectivity index (χ4n) is 2.29. The molecule has 0 bridgehead atoms. The van der Waals surface area contributed by atoms with Gasteiger partial charge >= 0.3 is 5.97 Å². The SMILES string of the molecule is CCOC(=O)c1c(OC[C@H](N)Cc2ccccc2)ccnc1C. The van der Waals surface area contributed by atoms with Crippen molar-refractivity contribution >= 4 is 5.97 Å². The molecule has 0 amide bonds. The van der Waals surface area contributed by atoms with Crippen LogP contribution in [0.15, 0.2) is 42.6 Å². The van der Waals surface area contributed by atoms with E-state index >= 15 is 0 Å². The van der Waals surface area contributed by atoms with Crippen molar-refractivity contribution in [3.8, 4) is 5.75 Å². The van der Waals surface area contributed by atoms with Crippen molar-refractivity contribution in [1.82, 2.24) is 4.98 Å². The van der Waals surface area contributed by atoms with Crippen molar-refractivity contribution in [1.29, 1.82) is 0 Å². The Hall–Kier alpha value is -2.40. The van der Waals surface area contributed by atoms with Crippen LogP contribution in [0.25, 0.3) is 0 Å². The second-order valence-corrected chi connectivity index (χ2v) is 5.25. The van der Waals surface area contributed by atoms with Gasteiger partial charge in [-0.15, -0.1) is 0 Å². The summed E-state index contributed by atoms with van der Waals surface area (Å²) < 4.78 is 10.8. The van der Waals surface area contributed by atoms with Crippen molar-refractivity contribution in [3.63, 3.8) is 0 Å². The molecule has 1 aromatic carbocycles. The summed E-state index contributed by atoms with van der Waals surface area (Å²) in [5, 5.41) is 0. The lowest BCUT2D eigenvalue weighted by Crippen LogP contribution is -2.30. The number of nitrogens with two attached hydrogens (primary N) is 1. The lowest BCUT2D eigenvalue weighted by atomic mass is 10.1. The summed E-state index contributed by atoms with van der Waals surface area (Å²) in [6.45, 7) is 4.13. The van der Waals surface area contributed by atoms with Crippen LogP contribution in [0.5, 0.6) is 5.75 Å². The molecule has 1 atom stereocenters. The first-order valence-corrected chi connectivity index (χ1v) is 7.66. The number of esters is 1. The molecule has 0 aliphatic heterocycles. The van der Waals surface area contributed by atoms with E-state index in [1.165, 1.54) is 0 Å². The van der Waals surface area contributed by atoms with Crippen molar-refractivity contribution in [2.75, 3.05) is 13.2 Å². The normalized spacial score (nSPS) is 11.8. The van der Waals surface area contributed by atoms with Gasteiger partial charge in [0.25, 0.3) is 0 Å². The van der Waals surface area contributed by atoms with Crippen molar-refractivity contribution < 1.29 is 14.3 Å². The van der Waals surface area contributed by atoms with Gasteiger partial charge in [-0.1, -0.05) is 30.3 Å². The van der Waals surface area contributed by atoms with Gasteiger partial charge in [-0.25, -0.2) is 4.79 Å².